The summed E-state index contributed by atoms with van der Waals surface area (Å²) in [6.07, 6.45) is 0. The molecule has 4 spiro atoms. The molecule has 0 aromatic heterocycles. The van der Waals surface area contributed by atoms with Crippen LogP contribution in [0.15, 0.2) is 97.1 Å². The molecular weight excluding hydrogens is 480 g/mol. The summed E-state index contributed by atoms with van der Waals surface area (Å²) in [6, 6.07) is 40.3. The predicted molar refractivity (Wildman–Crippen MR) is 151 cm³/mol. The van der Waals surface area contributed by atoms with Gasteiger partial charge >= 0.3 is 0 Å². The molecule has 40 heavy (non-hydrogen) atoms. The molecule has 17 aliphatic rings. The van der Waals surface area contributed by atoms with Gasteiger partial charge in [-0.05, 0) is 137 Å². The van der Waals surface area contributed by atoms with Gasteiger partial charge in [-0.15, -0.1) is 0 Å². The lowest BCUT2D eigenvalue weighted by atomic mass is 9.15. The van der Waals surface area contributed by atoms with Crippen molar-refractivity contribution in [2.45, 2.75) is 47.3 Å². The second-order valence-electron chi connectivity index (χ2n) is 16.1. The number of rotatable bonds is 0. The maximum Gasteiger partial charge on any atom is -0.000519 e. The first-order valence-electron chi connectivity index (χ1n) is 16.3. The number of hydrogen-bond acceptors (Lipinski definition) is 0. The third-order valence-corrected chi connectivity index (χ3v) is 17.3. The Morgan fingerprint density at radius 2 is 0.400 bits per heavy atom. The summed E-state index contributed by atoms with van der Waals surface area (Å²) in [5.74, 6) is 9.62. The van der Waals surface area contributed by atoms with E-state index in [1.807, 2.05) is 44.5 Å². The molecule has 9 saturated carbocycles. The van der Waals surface area contributed by atoms with Crippen LogP contribution in [-0.2, 0) is 0 Å². The lowest BCUT2D eigenvalue weighted by Gasteiger charge is -2.87. The van der Waals surface area contributed by atoms with E-state index in [1.165, 1.54) is 0 Å². The highest BCUT2D eigenvalue weighted by atomic mass is 15.2. The largest absolute Gasteiger partial charge is 0.0620 e. The first-order valence-corrected chi connectivity index (χ1v) is 16.3. The SMILES string of the molecule is c1ccc2c(c1)[C@@H]1C3C4[C@H]5c6ccccc6[C@@H]3C36[C@@H]7c8ccccc8[C@H]8C9C7[C@@H]7c%10ccccc%10[C@H]9C([C@@H]24)(C173)C586. The van der Waals surface area contributed by atoms with Gasteiger partial charge < -0.3 is 0 Å². The molecular formula is C40H28. The van der Waals surface area contributed by atoms with Gasteiger partial charge in [-0.3, -0.25) is 0 Å². The van der Waals surface area contributed by atoms with Crippen LogP contribution in [0.4, 0.5) is 0 Å². The van der Waals surface area contributed by atoms with Crippen LogP contribution in [-0.4, -0.2) is 0 Å². The van der Waals surface area contributed by atoms with Gasteiger partial charge in [0.1, 0.15) is 0 Å². The lowest BCUT2D eigenvalue weighted by molar-refractivity contribution is -0.342. The van der Waals surface area contributed by atoms with Crippen molar-refractivity contribution in [1.29, 1.82) is 0 Å². The van der Waals surface area contributed by atoms with Crippen molar-refractivity contribution in [3.8, 4) is 0 Å². The van der Waals surface area contributed by atoms with Gasteiger partial charge in [-0.1, -0.05) is 97.1 Å². The Bertz CT molecular complexity index is 1610. The van der Waals surface area contributed by atoms with Crippen molar-refractivity contribution < 1.29 is 0 Å². The molecule has 4 aromatic carbocycles. The minimum atomic E-state index is 0.472. The summed E-state index contributed by atoms with van der Waals surface area (Å²) in [7, 11) is 0. The van der Waals surface area contributed by atoms with Crippen LogP contribution in [0.1, 0.15) is 91.9 Å². The van der Waals surface area contributed by atoms with Crippen LogP contribution in [0.5, 0.6) is 0 Å². The van der Waals surface area contributed by atoms with Crippen LogP contribution < -0.4 is 0 Å². The third kappa shape index (κ3) is 1.03. The molecule has 0 saturated heterocycles. The Morgan fingerprint density at radius 1 is 0.250 bits per heavy atom. The van der Waals surface area contributed by atoms with Crippen molar-refractivity contribution in [3.63, 3.8) is 0 Å². The fourth-order valence-electron chi connectivity index (χ4n) is 19.1. The Hall–Kier alpha value is -3.12. The molecule has 0 nitrogen and oxygen atoms in total. The second kappa shape index (κ2) is 4.65. The highest BCUT2D eigenvalue weighted by molar-refractivity contribution is 5.81. The number of hydrogen-bond donors (Lipinski definition) is 0. The van der Waals surface area contributed by atoms with Gasteiger partial charge in [-0.2, -0.15) is 0 Å². The van der Waals surface area contributed by atoms with E-state index in [1.54, 1.807) is 0 Å². The van der Waals surface area contributed by atoms with Crippen molar-refractivity contribution >= 4 is 0 Å². The van der Waals surface area contributed by atoms with Crippen molar-refractivity contribution in [2.75, 3.05) is 0 Å². The molecule has 16 bridgehead atoms. The van der Waals surface area contributed by atoms with E-state index in [0.717, 1.165) is 71.0 Å². The van der Waals surface area contributed by atoms with Crippen LogP contribution in [0.3, 0.4) is 0 Å². The van der Waals surface area contributed by atoms with Crippen LogP contribution >= 0.6 is 0 Å². The first kappa shape index (κ1) is 18.3. The molecule has 0 heterocycles. The lowest BCUT2D eigenvalue weighted by Crippen LogP contribution is -2.82. The molecule has 0 aliphatic heterocycles. The van der Waals surface area contributed by atoms with Gasteiger partial charge in [-0.25, -0.2) is 0 Å². The zero-order chi connectivity index (χ0) is 24.9. The molecule has 21 rings (SSSR count). The normalized spacial score (nSPS) is 58.4. The topological polar surface area (TPSA) is 0 Å². The monoisotopic (exact) mass is 508 g/mol. The second-order valence-corrected chi connectivity index (χ2v) is 16.1. The molecule has 4 unspecified atom stereocenters. The van der Waals surface area contributed by atoms with Crippen molar-refractivity contribution in [1.82, 2.24) is 0 Å². The predicted octanol–water partition coefficient (Wildman–Crippen LogP) is 8.02. The van der Waals surface area contributed by atoms with E-state index in [4.69, 9.17) is 0 Å². The van der Waals surface area contributed by atoms with Crippen LogP contribution in [0.25, 0.3) is 0 Å². The molecule has 17 aliphatic carbocycles. The fraction of sp³-hybridized carbons (Fsp3) is 0.400. The first-order chi connectivity index (χ1) is 19.9. The van der Waals surface area contributed by atoms with Crippen molar-refractivity contribution in [2.24, 2.45) is 45.3 Å². The van der Waals surface area contributed by atoms with Gasteiger partial charge in [0.15, 0.2) is 0 Å². The van der Waals surface area contributed by atoms with Gasteiger partial charge in [0.2, 0.25) is 0 Å². The molecule has 0 heteroatoms. The zero-order valence-electron chi connectivity index (χ0n) is 22.2. The quantitative estimate of drug-likeness (QED) is 0.226. The van der Waals surface area contributed by atoms with Gasteiger partial charge in [0.05, 0.1) is 0 Å². The number of benzene rings is 4. The smallest absolute Gasteiger partial charge is 0.000519 e. The third-order valence-electron chi connectivity index (χ3n) is 17.3. The molecule has 0 amide bonds. The van der Waals surface area contributed by atoms with E-state index >= 15 is 0 Å². The van der Waals surface area contributed by atoms with E-state index in [0.29, 0.717) is 21.7 Å². The maximum atomic E-state index is 2.63. The van der Waals surface area contributed by atoms with Gasteiger partial charge in [0.25, 0.3) is 0 Å². The fourth-order valence-corrected chi connectivity index (χ4v) is 19.1. The molecule has 12 atom stereocenters. The molecule has 0 N–H and O–H groups in total. The molecule has 188 valence electrons. The summed E-state index contributed by atoms with van der Waals surface area (Å²) in [5.41, 5.74) is 16.4. The standard InChI is InChI=1S/C40H28/c1-2-10-18-17(9-1)29-25-26-30(18)38-34-22-14-6-4-12-20(22)32-27-28(34)36-24-16-8-7-15-23(24)35(27)39(37(29,32)38)31(25)19-11-3-5-13-21(19)33(26)40(36,38)39/h1-16,25-36H/t25?,26?,27?,28?,29-,30+,31+,32+,33-,34-,35-,36+,37?,38?,39?,40?. The van der Waals surface area contributed by atoms with Gasteiger partial charge in [0, 0.05) is 0 Å². The summed E-state index contributed by atoms with van der Waals surface area (Å²) in [5, 5.41) is 0. The van der Waals surface area contributed by atoms with Crippen molar-refractivity contribution in [3.05, 3.63) is 142 Å². The van der Waals surface area contributed by atoms with Crippen LogP contribution in [0, 0.1) is 45.3 Å². The molecule has 0 radical (unpaired) electrons. The van der Waals surface area contributed by atoms with E-state index in [9.17, 15) is 0 Å². The highest BCUT2D eigenvalue weighted by Gasteiger charge is 3.16. The summed E-state index contributed by atoms with van der Waals surface area (Å²) in [6.45, 7) is 0. The summed E-state index contributed by atoms with van der Waals surface area (Å²) in [4.78, 5) is 0. The Balaban J connectivity index is 1.26. The van der Waals surface area contributed by atoms with E-state index < -0.39 is 0 Å². The van der Waals surface area contributed by atoms with E-state index in [2.05, 4.69) is 97.1 Å². The Kier molecular flexibility index (Phi) is 2.13. The minimum absolute atomic E-state index is 0.472. The average Bonchev–Trinajstić information content (AvgIpc) is 3.45. The zero-order valence-corrected chi connectivity index (χ0v) is 22.2. The summed E-state index contributed by atoms with van der Waals surface area (Å²) >= 11 is 0. The molecule has 9 fully saturated rings. The Morgan fingerprint density at radius 3 is 0.550 bits per heavy atom. The van der Waals surface area contributed by atoms with E-state index in [-0.39, 0.29) is 0 Å². The van der Waals surface area contributed by atoms with Crippen LogP contribution in [0.2, 0.25) is 0 Å². The highest BCUT2D eigenvalue weighted by Crippen LogP contribution is 3.22. The Labute approximate surface area is 233 Å². The minimum Gasteiger partial charge on any atom is -0.0620 e. The summed E-state index contributed by atoms with van der Waals surface area (Å²) < 4.78 is 0. The maximum absolute atomic E-state index is 2.63. The molecule has 4 aromatic rings. The average molecular weight is 509 g/mol.